The maximum absolute atomic E-state index is 13.2. The van der Waals surface area contributed by atoms with Gasteiger partial charge in [0.25, 0.3) is 5.91 Å². The van der Waals surface area contributed by atoms with E-state index in [0.29, 0.717) is 17.1 Å². The molecule has 1 N–H and O–H groups in total. The zero-order valence-corrected chi connectivity index (χ0v) is 19.2. The third-order valence-corrected chi connectivity index (χ3v) is 5.68. The molecule has 0 spiro atoms. The molecule has 0 fully saturated rings. The number of amides is 1. The van der Waals surface area contributed by atoms with Gasteiger partial charge in [-0.3, -0.25) is 14.8 Å². The normalized spacial score (nSPS) is 11.9. The van der Waals surface area contributed by atoms with Gasteiger partial charge in [0.2, 0.25) is 0 Å². The Balaban J connectivity index is 1.62. The lowest BCUT2D eigenvalue weighted by atomic mass is 9.96. The van der Waals surface area contributed by atoms with Gasteiger partial charge < -0.3 is 14.8 Å². The largest absolute Gasteiger partial charge is 0.497 e. The summed E-state index contributed by atoms with van der Waals surface area (Å²) < 4.78 is 11.5. The van der Waals surface area contributed by atoms with E-state index in [-0.39, 0.29) is 17.9 Å². The number of fused-ring (bicyclic) bond motifs is 1. The van der Waals surface area contributed by atoms with E-state index >= 15 is 0 Å². The molecule has 0 radical (unpaired) electrons. The summed E-state index contributed by atoms with van der Waals surface area (Å²) in [6.07, 6.45) is 5.18. The summed E-state index contributed by atoms with van der Waals surface area (Å²) in [4.78, 5) is 21.7. The van der Waals surface area contributed by atoms with Crippen LogP contribution in [0.4, 0.5) is 0 Å². The Morgan fingerprint density at radius 3 is 2.48 bits per heavy atom. The minimum Gasteiger partial charge on any atom is -0.497 e. The van der Waals surface area contributed by atoms with Crippen molar-refractivity contribution in [3.8, 4) is 17.2 Å². The van der Waals surface area contributed by atoms with Crippen LogP contribution in [0.5, 0.6) is 17.2 Å². The van der Waals surface area contributed by atoms with E-state index in [0.717, 1.165) is 27.8 Å². The van der Waals surface area contributed by atoms with Crippen LogP contribution in [0.3, 0.4) is 0 Å². The Morgan fingerprint density at radius 2 is 1.76 bits per heavy atom. The quantitative estimate of drug-likeness (QED) is 0.388. The van der Waals surface area contributed by atoms with Gasteiger partial charge in [-0.05, 0) is 60.9 Å². The number of hydrogen-bond donors (Lipinski definition) is 1. The van der Waals surface area contributed by atoms with Crippen molar-refractivity contribution >= 4 is 16.8 Å². The number of benzene rings is 2. The minimum atomic E-state index is -0.141. The summed E-state index contributed by atoms with van der Waals surface area (Å²) in [5.41, 5.74) is 3.14. The summed E-state index contributed by atoms with van der Waals surface area (Å²) in [6.45, 7) is 6.07. The highest BCUT2D eigenvalue weighted by molar-refractivity contribution is 5.96. The lowest BCUT2D eigenvalue weighted by Crippen LogP contribution is -2.32. The molecule has 2 heterocycles. The van der Waals surface area contributed by atoms with Crippen molar-refractivity contribution in [1.82, 2.24) is 15.3 Å². The second kappa shape index (κ2) is 9.69. The Labute approximate surface area is 193 Å². The number of pyridine rings is 2. The number of ether oxygens (including phenoxy) is 2. The molecule has 1 atom stereocenters. The SMILES string of the molecule is COc1ccc2c(Oc3cccc(C(=O)NC(c4ccncc4)C(C)C)c3C)ccnc2c1. The zero-order valence-electron chi connectivity index (χ0n) is 19.2. The fourth-order valence-electron chi connectivity index (χ4n) is 3.83. The standard InChI is InChI=1S/C27H27N3O3/c1-17(2)26(19-10-13-28-14-11-19)30-27(31)21-6-5-7-24(18(21)3)33-25-12-15-29-23-16-20(32-4)8-9-22(23)25/h5-17,26H,1-4H3,(H,30,31). The van der Waals surface area contributed by atoms with Crippen molar-refractivity contribution in [1.29, 1.82) is 0 Å². The van der Waals surface area contributed by atoms with Crippen molar-refractivity contribution in [3.05, 3.63) is 89.9 Å². The van der Waals surface area contributed by atoms with Crippen LogP contribution >= 0.6 is 0 Å². The fourth-order valence-corrected chi connectivity index (χ4v) is 3.83. The van der Waals surface area contributed by atoms with Gasteiger partial charge in [-0.25, -0.2) is 0 Å². The van der Waals surface area contributed by atoms with Gasteiger partial charge in [0.05, 0.1) is 18.7 Å². The summed E-state index contributed by atoms with van der Waals surface area (Å²) in [7, 11) is 1.62. The van der Waals surface area contributed by atoms with Crippen LogP contribution in [-0.2, 0) is 0 Å². The number of carbonyl (C=O) groups excluding carboxylic acids is 1. The minimum absolute atomic E-state index is 0.122. The first-order valence-corrected chi connectivity index (χ1v) is 10.9. The number of nitrogens with one attached hydrogen (secondary N) is 1. The number of rotatable bonds is 7. The first kappa shape index (κ1) is 22.3. The van der Waals surface area contributed by atoms with Crippen molar-refractivity contribution < 1.29 is 14.3 Å². The monoisotopic (exact) mass is 441 g/mol. The number of carbonyl (C=O) groups is 1. The van der Waals surface area contributed by atoms with Gasteiger partial charge in [0.1, 0.15) is 17.2 Å². The molecule has 4 rings (SSSR count). The molecule has 1 unspecified atom stereocenters. The van der Waals surface area contributed by atoms with E-state index < -0.39 is 0 Å². The number of nitrogens with zero attached hydrogens (tertiary/aromatic N) is 2. The zero-order chi connectivity index (χ0) is 23.4. The number of aromatic nitrogens is 2. The van der Waals surface area contributed by atoms with Crippen LogP contribution < -0.4 is 14.8 Å². The van der Waals surface area contributed by atoms with Gasteiger partial charge in [-0.15, -0.1) is 0 Å². The van der Waals surface area contributed by atoms with Crippen LogP contribution in [0.15, 0.2) is 73.2 Å². The maximum atomic E-state index is 13.2. The maximum Gasteiger partial charge on any atom is 0.252 e. The fraction of sp³-hybridized carbons (Fsp3) is 0.222. The summed E-state index contributed by atoms with van der Waals surface area (Å²) in [6, 6.07) is 16.7. The van der Waals surface area contributed by atoms with Crippen LogP contribution in [-0.4, -0.2) is 23.0 Å². The number of hydrogen-bond acceptors (Lipinski definition) is 5. The lowest BCUT2D eigenvalue weighted by molar-refractivity contribution is 0.0924. The highest BCUT2D eigenvalue weighted by atomic mass is 16.5. The van der Waals surface area contributed by atoms with Gasteiger partial charge in [0.15, 0.2) is 0 Å². The molecule has 2 aromatic heterocycles. The van der Waals surface area contributed by atoms with E-state index in [4.69, 9.17) is 9.47 Å². The van der Waals surface area contributed by atoms with E-state index in [1.54, 1.807) is 25.7 Å². The first-order valence-electron chi connectivity index (χ1n) is 10.9. The van der Waals surface area contributed by atoms with Crippen molar-refractivity contribution in [3.63, 3.8) is 0 Å². The van der Waals surface area contributed by atoms with E-state index in [1.807, 2.05) is 61.5 Å². The molecule has 168 valence electrons. The highest BCUT2D eigenvalue weighted by Gasteiger charge is 2.21. The topological polar surface area (TPSA) is 73.3 Å². The predicted molar refractivity (Wildman–Crippen MR) is 129 cm³/mol. The highest BCUT2D eigenvalue weighted by Crippen LogP contribution is 2.33. The van der Waals surface area contributed by atoms with E-state index in [1.165, 1.54) is 0 Å². The first-order chi connectivity index (χ1) is 16.0. The summed E-state index contributed by atoms with van der Waals surface area (Å²) in [5.74, 6) is 2.10. The van der Waals surface area contributed by atoms with Crippen LogP contribution in [0.25, 0.3) is 10.9 Å². The van der Waals surface area contributed by atoms with Gasteiger partial charge in [0, 0.05) is 41.2 Å². The second-order valence-electron chi connectivity index (χ2n) is 8.20. The molecule has 0 aliphatic heterocycles. The Kier molecular flexibility index (Phi) is 6.54. The molecule has 0 aliphatic carbocycles. The van der Waals surface area contributed by atoms with E-state index in [2.05, 4.69) is 29.1 Å². The lowest BCUT2D eigenvalue weighted by Gasteiger charge is -2.23. The Morgan fingerprint density at radius 1 is 0.970 bits per heavy atom. The summed E-state index contributed by atoms with van der Waals surface area (Å²) in [5, 5.41) is 4.04. The molecule has 0 aliphatic rings. The van der Waals surface area contributed by atoms with E-state index in [9.17, 15) is 4.79 Å². The molecule has 0 bridgehead atoms. The molecule has 6 heteroatoms. The average Bonchev–Trinajstić information content (AvgIpc) is 2.83. The van der Waals surface area contributed by atoms with Crippen LogP contribution in [0.2, 0.25) is 0 Å². The molecule has 6 nitrogen and oxygen atoms in total. The van der Waals surface area contributed by atoms with Crippen molar-refractivity contribution in [2.75, 3.05) is 7.11 Å². The smallest absolute Gasteiger partial charge is 0.252 e. The van der Waals surface area contributed by atoms with Gasteiger partial charge in [-0.2, -0.15) is 0 Å². The molecule has 0 saturated carbocycles. The molecule has 2 aromatic carbocycles. The van der Waals surface area contributed by atoms with Gasteiger partial charge in [-0.1, -0.05) is 19.9 Å². The van der Waals surface area contributed by atoms with Gasteiger partial charge >= 0.3 is 0 Å². The third-order valence-electron chi connectivity index (χ3n) is 5.68. The average molecular weight is 442 g/mol. The molecule has 1 amide bonds. The number of methoxy groups -OCH3 is 1. The second-order valence-corrected chi connectivity index (χ2v) is 8.20. The van der Waals surface area contributed by atoms with Crippen LogP contribution in [0.1, 0.15) is 41.4 Å². The summed E-state index contributed by atoms with van der Waals surface area (Å²) >= 11 is 0. The Hall–Kier alpha value is -3.93. The molecule has 4 aromatic rings. The Bertz CT molecular complexity index is 1270. The van der Waals surface area contributed by atoms with Crippen molar-refractivity contribution in [2.45, 2.75) is 26.8 Å². The molecule has 33 heavy (non-hydrogen) atoms. The molecule has 0 saturated heterocycles. The molecular weight excluding hydrogens is 414 g/mol. The van der Waals surface area contributed by atoms with Crippen molar-refractivity contribution in [2.24, 2.45) is 5.92 Å². The predicted octanol–water partition coefficient (Wildman–Crippen LogP) is 5.87. The molecular formula is C27H27N3O3. The van der Waals surface area contributed by atoms with Crippen LogP contribution in [0, 0.1) is 12.8 Å². The third kappa shape index (κ3) is 4.80.